The molecule has 0 bridgehead atoms. The zero-order valence-electron chi connectivity index (χ0n) is 8.95. The molecule has 0 aliphatic carbocycles. The van der Waals surface area contributed by atoms with Gasteiger partial charge in [0.25, 0.3) is 0 Å². The highest BCUT2D eigenvalue weighted by atomic mass is 35.5. The van der Waals surface area contributed by atoms with Gasteiger partial charge in [0.05, 0.1) is 10.6 Å². The molecule has 0 saturated carbocycles. The molecular weight excluding hydrogens is 291 g/mol. The molecule has 0 saturated heterocycles. The molecule has 1 rings (SSSR count). The summed E-state index contributed by atoms with van der Waals surface area (Å²) in [5.41, 5.74) is 4.21. The monoisotopic (exact) mass is 297 g/mol. The van der Waals surface area contributed by atoms with E-state index >= 15 is 0 Å². The summed E-state index contributed by atoms with van der Waals surface area (Å²) in [5, 5.41) is 3.20. The molecule has 18 heavy (non-hydrogen) atoms. The van der Waals surface area contributed by atoms with Crippen molar-refractivity contribution in [3.05, 3.63) is 28.5 Å². The Labute approximate surface area is 111 Å². The van der Waals surface area contributed by atoms with Crippen molar-refractivity contribution in [1.29, 1.82) is 0 Å². The number of nitrogens with zero attached hydrogens (tertiary/aromatic N) is 2. The van der Waals surface area contributed by atoms with Crippen LogP contribution in [0.3, 0.4) is 0 Å². The summed E-state index contributed by atoms with van der Waals surface area (Å²) in [6, 6.07) is 0.716. The molecule has 1 heterocycles. The molecule has 0 spiro atoms. The fraction of sp³-hybridized carbons (Fsp3) is 0.222. The van der Waals surface area contributed by atoms with E-state index in [0.29, 0.717) is 12.3 Å². The lowest BCUT2D eigenvalue weighted by Gasteiger charge is -2.09. The predicted molar refractivity (Wildman–Crippen MR) is 64.6 cm³/mol. The Morgan fingerprint density at radius 2 is 2.17 bits per heavy atom. The van der Waals surface area contributed by atoms with E-state index in [1.807, 2.05) is 0 Å². The summed E-state index contributed by atoms with van der Waals surface area (Å²) in [4.78, 5) is 7.84. The van der Waals surface area contributed by atoms with Gasteiger partial charge in [0, 0.05) is 6.20 Å². The van der Waals surface area contributed by atoms with Crippen LogP contribution in [0.5, 0.6) is 0 Å². The van der Waals surface area contributed by atoms with Crippen LogP contribution in [0.2, 0.25) is 5.02 Å². The standard InChI is InChI=1S/C9H7ClF3N3OS/c1-17-16-7(8(14)18)6-5(10)2-4(3-15-6)9(11,12)13/h2-3H,1H3,(H2,14,18)/b16-7+. The molecule has 0 unspecified atom stereocenters. The number of oxime groups is 1. The van der Waals surface area contributed by atoms with E-state index in [-0.39, 0.29) is 21.4 Å². The highest BCUT2D eigenvalue weighted by Crippen LogP contribution is 2.31. The van der Waals surface area contributed by atoms with Gasteiger partial charge >= 0.3 is 6.18 Å². The molecule has 4 nitrogen and oxygen atoms in total. The van der Waals surface area contributed by atoms with Gasteiger partial charge in [-0.1, -0.05) is 29.0 Å². The number of hydrogen-bond acceptors (Lipinski definition) is 4. The van der Waals surface area contributed by atoms with Gasteiger partial charge in [-0.3, -0.25) is 4.98 Å². The fourth-order valence-electron chi connectivity index (χ4n) is 1.06. The van der Waals surface area contributed by atoms with Crippen molar-refractivity contribution in [2.75, 3.05) is 7.11 Å². The molecular formula is C9H7ClF3N3OS. The summed E-state index contributed by atoms with van der Waals surface area (Å²) in [6.45, 7) is 0. The second kappa shape index (κ2) is 5.49. The minimum absolute atomic E-state index is 0.0704. The van der Waals surface area contributed by atoms with Gasteiger partial charge < -0.3 is 10.6 Å². The van der Waals surface area contributed by atoms with Crippen molar-refractivity contribution in [2.45, 2.75) is 6.18 Å². The topological polar surface area (TPSA) is 60.5 Å². The lowest BCUT2D eigenvalue weighted by Crippen LogP contribution is -2.24. The van der Waals surface area contributed by atoms with Crippen molar-refractivity contribution < 1.29 is 18.0 Å². The first-order valence-corrected chi connectivity index (χ1v) is 5.20. The Bertz CT molecular complexity index is 504. The van der Waals surface area contributed by atoms with Crippen LogP contribution in [0.4, 0.5) is 13.2 Å². The number of hydrogen-bond donors (Lipinski definition) is 1. The fourth-order valence-corrected chi connectivity index (χ4v) is 1.45. The number of pyridine rings is 1. The Morgan fingerprint density at radius 1 is 1.56 bits per heavy atom. The maximum Gasteiger partial charge on any atom is 0.417 e. The molecule has 0 atom stereocenters. The summed E-state index contributed by atoms with van der Waals surface area (Å²) >= 11 is 10.4. The lowest BCUT2D eigenvalue weighted by molar-refractivity contribution is -0.137. The van der Waals surface area contributed by atoms with Crippen molar-refractivity contribution in [3.63, 3.8) is 0 Å². The molecule has 0 amide bonds. The van der Waals surface area contributed by atoms with Crippen LogP contribution in [0.15, 0.2) is 17.4 Å². The number of rotatable bonds is 3. The van der Waals surface area contributed by atoms with Gasteiger partial charge in [-0.15, -0.1) is 0 Å². The normalized spacial score (nSPS) is 12.4. The van der Waals surface area contributed by atoms with Crippen LogP contribution in [-0.4, -0.2) is 22.8 Å². The number of thiocarbonyl (C=S) groups is 1. The highest BCUT2D eigenvalue weighted by Gasteiger charge is 2.32. The first-order valence-electron chi connectivity index (χ1n) is 4.41. The maximum atomic E-state index is 12.4. The molecule has 0 aliphatic rings. The van der Waals surface area contributed by atoms with E-state index in [2.05, 4.69) is 27.2 Å². The van der Waals surface area contributed by atoms with Gasteiger partial charge in [-0.05, 0) is 6.07 Å². The average Bonchev–Trinajstić information content (AvgIpc) is 2.24. The SMILES string of the molecule is CO/N=C(/C(N)=S)c1ncc(C(F)(F)F)cc1Cl. The third-order valence-electron chi connectivity index (χ3n) is 1.81. The smallest absolute Gasteiger partial charge is 0.399 e. The Hall–Kier alpha value is -1.41. The number of aromatic nitrogens is 1. The van der Waals surface area contributed by atoms with Crippen LogP contribution in [0.1, 0.15) is 11.3 Å². The minimum Gasteiger partial charge on any atom is -0.399 e. The summed E-state index contributed by atoms with van der Waals surface area (Å²) in [6.07, 6.45) is -3.92. The zero-order chi connectivity index (χ0) is 13.9. The molecule has 98 valence electrons. The van der Waals surface area contributed by atoms with E-state index in [1.165, 1.54) is 7.11 Å². The Balaban J connectivity index is 3.28. The van der Waals surface area contributed by atoms with E-state index in [4.69, 9.17) is 17.3 Å². The first-order chi connectivity index (χ1) is 8.27. The van der Waals surface area contributed by atoms with Crippen molar-refractivity contribution in [2.24, 2.45) is 10.9 Å². The van der Waals surface area contributed by atoms with Crippen molar-refractivity contribution >= 4 is 34.5 Å². The number of alkyl halides is 3. The quantitative estimate of drug-likeness (QED) is 0.529. The molecule has 0 radical (unpaired) electrons. The van der Waals surface area contributed by atoms with Crippen LogP contribution in [-0.2, 0) is 11.0 Å². The minimum atomic E-state index is -4.53. The largest absolute Gasteiger partial charge is 0.417 e. The van der Waals surface area contributed by atoms with Crippen LogP contribution in [0.25, 0.3) is 0 Å². The molecule has 9 heteroatoms. The summed E-state index contributed by atoms with van der Waals surface area (Å²) < 4.78 is 37.2. The van der Waals surface area contributed by atoms with Crippen molar-refractivity contribution in [1.82, 2.24) is 4.98 Å². The third-order valence-corrected chi connectivity index (χ3v) is 2.29. The van der Waals surface area contributed by atoms with Gasteiger partial charge in [0.1, 0.15) is 17.8 Å². The lowest BCUT2D eigenvalue weighted by atomic mass is 10.2. The van der Waals surface area contributed by atoms with Gasteiger partial charge in [0.15, 0.2) is 5.71 Å². The molecule has 1 aromatic rings. The van der Waals surface area contributed by atoms with Gasteiger partial charge in [-0.2, -0.15) is 13.2 Å². The second-order valence-electron chi connectivity index (χ2n) is 3.04. The first kappa shape index (κ1) is 14.7. The van der Waals surface area contributed by atoms with Crippen LogP contribution >= 0.6 is 23.8 Å². The molecule has 0 aromatic carbocycles. The number of halogens is 4. The van der Waals surface area contributed by atoms with Crippen molar-refractivity contribution in [3.8, 4) is 0 Å². The van der Waals surface area contributed by atoms with E-state index in [1.54, 1.807) is 0 Å². The maximum absolute atomic E-state index is 12.4. The third kappa shape index (κ3) is 3.30. The Kier molecular flexibility index (Phi) is 4.47. The van der Waals surface area contributed by atoms with Gasteiger partial charge in [-0.25, -0.2) is 0 Å². The predicted octanol–water partition coefficient (Wildman–Crippen LogP) is 2.39. The highest BCUT2D eigenvalue weighted by molar-refractivity contribution is 7.82. The molecule has 0 aliphatic heterocycles. The van der Waals surface area contributed by atoms with Gasteiger partial charge in [0.2, 0.25) is 0 Å². The molecule has 0 fully saturated rings. The molecule has 1 aromatic heterocycles. The zero-order valence-corrected chi connectivity index (χ0v) is 10.5. The van der Waals surface area contributed by atoms with Crippen LogP contribution in [0, 0.1) is 0 Å². The van der Waals surface area contributed by atoms with E-state index in [9.17, 15) is 13.2 Å². The summed E-state index contributed by atoms with van der Waals surface area (Å²) in [7, 11) is 1.23. The molecule has 2 N–H and O–H groups in total. The average molecular weight is 298 g/mol. The van der Waals surface area contributed by atoms with E-state index < -0.39 is 11.7 Å². The van der Waals surface area contributed by atoms with Crippen LogP contribution < -0.4 is 5.73 Å². The summed E-state index contributed by atoms with van der Waals surface area (Å²) in [5.74, 6) is 0. The number of nitrogens with two attached hydrogens (primary N) is 1. The van der Waals surface area contributed by atoms with E-state index in [0.717, 1.165) is 0 Å². The second-order valence-corrected chi connectivity index (χ2v) is 3.89. The Morgan fingerprint density at radius 3 is 2.56 bits per heavy atom.